The summed E-state index contributed by atoms with van der Waals surface area (Å²) in [4.78, 5) is 57.5. The smallest absolute Gasteiger partial charge is 0.419 e. The van der Waals surface area contributed by atoms with E-state index in [9.17, 15) is 28.5 Å². The molecule has 3 aromatic carbocycles. The van der Waals surface area contributed by atoms with Crippen molar-refractivity contribution in [2.24, 2.45) is 7.05 Å². The van der Waals surface area contributed by atoms with Crippen LogP contribution in [0.4, 0.5) is 18.9 Å². The second-order valence-corrected chi connectivity index (χ2v) is 16.7. The van der Waals surface area contributed by atoms with Crippen LogP contribution in [0.3, 0.4) is 0 Å². The number of benzene rings is 3. The number of hydrogen-bond acceptors (Lipinski definition) is 10. The maximum Gasteiger partial charge on any atom is 0.419 e. The Balaban J connectivity index is 1.77. The number of phenolic OH excluding ortho intramolecular Hbond substituents is 1. The number of alkyl halides is 3. The number of anilines is 1. The number of carbonyl (C=O) groups excluding carboxylic acids is 4. The summed E-state index contributed by atoms with van der Waals surface area (Å²) in [6.07, 6.45) is 3.33. The molecule has 0 saturated heterocycles. The van der Waals surface area contributed by atoms with Gasteiger partial charge in [0.1, 0.15) is 28.7 Å². The second-order valence-electron chi connectivity index (χ2n) is 15.6. The molecule has 2 N–H and O–H groups in total. The number of Topliss-reactive ketones (excluding diaryl/α,β-unsaturated/α-hetero) is 1. The van der Waals surface area contributed by atoms with Crippen molar-refractivity contribution in [1.29, 1.82) is 0 Å². The van der Waals surface area contributed by atoms with Gasteiger partial charge in [-0.3, -0.25) is 14.4 Å². The molecule has 4 aromatic rings. The van der Waals surface area contributed by atoms with E-state index < -0.39 is 63.7 Å². The lowest BCUT2D eigenvalue weighted by atomic mass is 9.98. The SMILES string of the molecule is CCCCCCCCN(CCCCCCCC)C(=O)c1c(C(F)(F)F)c(C(=O)C(Oc2ccc(S(=O)Oc3ccc(O)cc3)cc2)C(=O)Nc2cc(C(=O)OC)ccc2OC)c(C)n1C. The molecular formula is C48H60F3N3O10S. The predicted octanol–water partition coefficient (Wildman–Crippen LogP) is 10.4. The van der Waals surface area contributed by atoms with Crippen molar-refractivity contribution in [1.82, 2.24) is 9.47 Å². The number of carbonyl (C=O) groups is 4. The summed E-state index contributed by atoms with van der Waals surface area (Å²) in [6, 6.07) is 14.5. The molecule has 2 unspecified atom stereocenters. The summed E-state index contributed by atoms with van der Waals surface area (Å²) >= 11 is -2.08. The number of nitrogens with one attached hydrogen (secondary N) is 1. The third kappa shape index (κ3) is 14.3. The van der Waals surface area contributed by atoms with Gasteiger partial charge >= 0.3 is 12.1 Å². The minimum atomic E-state index is -5.24. The molecule has 0 fully saturated rings. The van der Waals surface area contributed by atoms with Gasteiger partial charge in [0.05, 0.1) is 41.5 Å². The highest BCUT2D eigenvalue weighted by atomic mass is 32.2. The zero-order valence-corrected chi connectivity index (χ0v) is 38.7. The van der Waals surface area contributed by atoms with Gasteiger partial charge < -0.3 is 38.3 Å². The van der Waals surface area contributed by atoms with E-state index in [0.29, 0.717) is 12.8 Å². The normalized spacial score (nSPS) is 12.3. The number of rotatable bonds is 26. The number of methoxy groups -OCH3 is 2. The number of hydrogen-bond donors (Lipinski definition) is 2. The van der Waals surface area contributed by atoms with E-state index in [4.69, 9.17) is 18.4 Å². The molecule has 0 aliphatic heterocycles. The lowest BCUT2D eigenvalue weighted by molar-refractivity contribution is -0.138. The molecule has 2 atom stereocenters. The Kier molecular flexibility index (Phi) is 19.9. The van der Waals surface area contributed by atoms with Crippen molar-refractivity contribution >= 4 is 40.3 Å². The highest BCUT2D eigenvalue weighted by molar-refractivity contribution is 7.80. The number of ketones is 1. The van der Waals surface area contributed by atoms with E-state index in [1.54, 1.807) is 0 Å². The monoisotopic (exact) mass is 927 g/mol. The third-order valence-electron chi connectivity index (χ3n) is 10.9. The third-order valence-corrected chi connectivity index (χ3v) is 11.9. The summed E-state index contributed by atoms with van der Waals surface area (Å²) in [7, 11) is 3.71. The number of esters is 1. The second kappa shape index (κ2) is 25.0. The molecule has 1 aromatic heterocycles. The zero-order chi connectivity index (χ0) is 47.7. The largest absolute Gasteiger partial charge is 0.508 e. The molecule has 17 heteroatoms. The minimum Gasteiger partial charge on any atom is -0.508 e. The standard InChI is InChI=1S/C48H60F3N3O10S/c1-7-9-11-13-15-17-29-54(30-18-16-14-12-10-8-2)46(58)42-41(48(49,50)51)40(32(3)53(42)4)43(56)44(45(57)52-38-31-33(47(59)62-6)19-28-39(38)61-5)63-35-24-26-37(27-25-35)65(60)64-36-22-20-34(55)21-23-36/h19-28,31,44,55H,7-18,29-30H2,1-6H3,(H,52,57). The molecule has 1 heterocycles. The number of ether oxygens (including phenoxy) is 3. The van der Waals surface area contributed by atoms with Gasteiger partial charge in [-0.05, 0) is 86.5 Å². The van der Waals surface area contributed by atoms with Crippen molar-refractivity contribution in [3.8, 4) is 23.0 Å². The van der Waals surface area contributed by atoms with E-state index in [1.165, 1.54) is 92.7 Å². The Bertz CT molecular complexity index is 2230. The van der Waals surface area contributed by atoms with Crippen LogP contribution in [-0.2, 0) is 33.8 Å². The number of nitrogens with zero attached hydrogens (tertiary/aromatic N) is 2. The van der Waals surface area contributed by atoms with Crippen LogP contribution >= 0.6 is 0 Å². The molecule has 0 saturated carbocycles. The number of aromatic nitrogens is 1. The van der Waals surface area contributed by atoms with E-state index >= 15 is 13.2 Å². The first kappa shape index (κ1) is 51.8. The molecule has 2 amide bonds. The Morgan fingerprint density at radius 3 is 1.89 bits per heavy atom. The lowest BCUT2D eigenvalue weighted by Crippen LogP contribution is -2.41. The van der Waals surface area contributed by atoms with E-state index in [-0.39, 0.29) is 57.9 Å². The van der Waals surface area contributed by atoms with Crippen LogP contribution < -0.4 is 19.0 Å². The highest BCUT2D eigenvalue weighted by Gasteiger charge is 2.47. The van der Waals surface area contributed by atoms with Crippen molar-refractivity contribution in [3.05, 3.63) is 94.8 Å². The van der Waals surface area contributed by atoms with Gasteiger partial charge in [-0.25, -0.2) is 9.00 Å². The summed E-state index contributed by atoms with van der Waals surface area (Å²) in [5.41, 5.74) is -3.53. The maximum atomic E-state index is 15.5. The number of phenols is 1. The summed E-state index contributed by atoms with van der Waals surface area (Å²) in [6.45, 7) is 5.92. The van der Waals surface area contributed by atoms with Gasteiger partial charge in [-0.15, -0.1) is 0 Å². The van der Waals surface area contributed by atoms with Gasteiger partial charge in [-0.2, -0.15) is 13.2 Å². The predicted molar refractivity (Wildman–Crippen MR) is 241 cm³/mol. The van der Waals surface area contributed by atoms with Crippen LogP contribution in [0.25, 0.3) is 0 Å². The van der Waals surface area contributed by atoms with Gasteiger partial charge in [-0.1, -0.05) is 78.1 Å². The molecule has 354 valence electrons. The maximum absolute atomic E-state index is 15.5. The molecule has 0 radical (unpaired) electrons. The summed E-state index contributed by atoms with van der Waals surface area (Å²) < 4.78 is 82.2. The molecule has 65 heavy (non-hydrogen) atoms. The fourth-order valence-corrected chi connectivity index (χ4v) is 8.01. The fraction of sp³-hybridized carbons (Fsp3) is 0.458. The van der Waals surface area contributed by atoms with Gasteiger partial charge in [0.2, 0.25) is 23.0 Å². The molecule has 0 aliphatic carbocycles. The Hall–Kier alpha value is -5.84. The summed E-state index contributed by atoms with van der Waals surface area (Å²) in [5.74, 6) is -4.30. The van der Waals surface area contributed by atoms with E-state index in [2.05, 4.69) is 19.2 Å². The number of aromatic hydroxyl groups is 1. The average Bonchev–Trinajstić information content (AvgIpc) is 3.56. The Morgan fingerprint density at radius 1 is 0.800 bits per heavy atom. The van der Waals surface area contributed by atoms with Gasteiger partial charge in [0.15, 0.2) is 0 Å². The zero-order valence-electron chi connectivity index (χ0n) is 37.9. The number of halogens is 3. The molecule has 4 rings (SSSR count). The van der Waals surface area contributed by atoms with Gasteiger partial charge in [0, 0.05) is 25.8 Å². The van der Waals surface area contributed by atoms with Crippen LogP contribution in [0.2, 0.25) is 0 Å². The van der Waals surface area contributed by atoms with Gasteiger partial charge in [0.25, 0.3) is 11.8 Å². The van der Waals surface area contributed by atoms with Crippen LogP contribution in [0.1, 0.15) is 133 Å². The van der Waals surface area contributed by atoms with Crippen LogP contribution in [0.15, 0.2) is 71.6 Å². The molecule has 0 aliphatic rings. The van der Waals surface area contributed by atoms with Crippen LogP contribution in [-0.4, -0.2) is 75.8 Å². The highest BCUT2D eigenvalue weighted by Crippen LogP contribution is 2.40. The van der Waals surface area contributed by atoms with E-state index in [0.717, 1.165) is 75.9 Å². The first-order valence-corrected chi connectivity index (χ1v) is 23.0. The molecular weight excluding hydrogens is 868 g/mol. The number of amides is 2. The van der Waals surface area contributed by atoms with Crippen molar-refractivity contribution in [2.75, 3.05) is 32.6 Å². The van der Waals surface area contributed by atoms with Crippen molar-refractivity contribution in [3.63, 3.8) is 0 Å². The average molecular weight is 928 g/mol. The minimum absolute atomic E-state index is 0.0154. The summed E-state index contributed by atoms with van der Waals surface area (Å²) in [5, 5.41) is 12.0. The van der Waals surface area contributed by atoms with Crippen LogP contribution in [0, 0.1) is 6.92 Å². The van der Waals surface area contributed by atoms with Crippen molar-refractivity contribution in [2.45, 2.75) is 115 Å². The fourth-order valence-electron chi connectivity index (χ4n) is 7.27. The quantitative estimate of drug-likeness (QED) is 0.0268. The Labute approximate surface area is 381 Å². The molecule has 0 spiro atoms. The first-order chi connectivity index (χ1) is 31.1. The molecule has 13 nitrogen and oxygen atoms in total. The van der Waals surface area contributed by atoms with Crippen molar-refractivity contribution < 1.29 is 60.1 Å². The van der Waals surface area contributed by atoms with Crippen LogP contribution in [0.5, 0.6) is 23.0 Å². The van der Waals surface area contributed by atoms with E-state index in [1.807, 2.05) is 0 Å². The topological polar surface area (TPSA) is 163 Å². The first-order valence-electron chi connectivity index (χ1n) is 21.9. The number of unbranched alkanes of at least 4 members (excludes halogenated alkanes) is 10. The molecule has 0 bridgehead atoms. The lowest BCUT2D eigenvalue weighted by Gasteiger charge is -2.24. The Morgan fingerprint density at radius 2 is 1.35 bits per heavy atom.